The predicted octanol–water partition coefficient (Wildman–Crippen LogP) is 2.86. The topological polar surface area (TPSA) is 92.3 Å². The van der Waals surface area contributed by atoms with E-state index in [2.05, 4.69) is 10.9 Å². The molecule has 0 saturated carbocycles. The first-order chi connectivity index (χ1) is 13.6. The van der Waals surface area contributed by atoms with Crippen molar-refractivity contribution in [2.75, 3.05) is 18.0 Å². The fourth-order valence-electron chi connectivity index (χ4n) is 3.57. The number of nitriles is 1. The number of piperidine rings is 1. The van der Waals surface area contributed by atoms with E-state index in [4.69, 9.17) is 17.3 Å². The molecule has 1 aliphatic rings. The SMILES string of the molecule is [C-]#[N+]c1csc2c(=O)n(Cc3ccccc3C#N)c(N3CCC[C@@H](N)C3)nc12. The Hall–Kier alpha value is -3.20. The summed E-state index contributed by atoms with van der Waals surface area (Å²) >= 11 is 1.24. The Morgan fingerprint density at radius 2 is 2.25 bits per heavy atom. The highest BCUT2D eigenvalue weighted by Crippen LogP contribution is 2.31. The molecule has 8 heteroatoms. The van der Waals surface area contributed by atoms with E-state index in [1.54, 1.807) is 22.1 Å². The number of hydrogen-bond donors (Lipinski definition) is 1. The molecule has 2 aromatic heterocycles. The zero-order valence-corrected chi connectivity index (χ0v) is 15.9. The predicted molar refractivity (Wildman–Crippen MR) is 110 cm³/mol. The van der Waals surface area contributed by atoms with Crippen LogP contribution in [-0.4, -0.2) is 28.7 Å². The minimum absolute atomic E-state index is 0.0176. The summed E-state index contributed by atoms with van der Waals surface area (Å²) in [5.41, 5.74) is 8.10. The van der Waals surface area contributed by atoms with Gasteiger partial charge in [0, 0.05) is 19.1 Å². The van der Waals surface area contributed by atoms with Crippen molar-refractivity contribution in [1.29, 1.82) is 5.26 Å². The van der Waals surface area contributed by atoms with Crippen molar-refractivity contribution in [2.24, 2.45) is 5.73 Å². The summed E-state index contributed by atoms with van der Waals surface area (Å²) in [5.74, 6) is 0.517. The highest BCUT2D eigenvalue weighted by molar-refractivity contribution is 7.17. The monoisotopic (exact) mass is 390 g/mol. The molecule has 2 N–H and O–H groups in total. The fraction of sp³-hybridized carbons (Fsp3) is 0.300. The van der Waals surface area contributed by atoms with E-state index in [0.29, 0.717) is 34.0 Å². The summed E-state index contributed by atoms with van der Waals surface area (Å²) in [7, 11) is 0. The molecule has 1 aromatic carbocycles. The molecule has 0 unspecified atom stereocenters. The van der Waals surface area contributed by atoms with Crippen LogP contribution < -0.4 is 16.2 Å². The number of nitrogens with two attached hydrogens (primary N) is 1. The second-order valence-electron chi connectivity index (χ2n) is 6.83. The number of rotatable bonds is 3. The Morgan fingerprint density at radius 1 is 1.43 bits per heavy atom. The molecule has 28 heavy (non-hydrogen) atoms. The van der Waals surface area contributed by atoms with Crippen molar-refractivity contribution in [3.63, 3.8) is 0 Å². The number of thiophene rings is 1. The molecule has 1 saturated heterocycles. The van der Waals surface area contributed by atoms with Crippen LogP contribution in [0.1, 0.15) is 24.0 Å². The summed E-state index contributed by atoms with van der Waals surface area (Å²) in [4.78, 5) is 23.5. The van der Waals surface area contributed by atoms with Gasteiger partial charge in [0.05, 0.1) is 30.3 Å². The third-order valence-corrected chi connectivity index (χ3v) is 5.91. The third-order valence-electron chi connectivity index (χ3n) is 4.97. The third kappa shape index (κ3) is 3.13. The van der Waals surface area contributed by atoms with Crippen molar-refractivity contribution in [3.8, 4) is 6.07 Å². The van der Waals surface area contributed by atoms with E-state index in [1.807, 2.05) is 17.0 Å². The molecular weight excluding hydrogens is 372 g/mol. The number of anilines is 1. The van der Waals surface area contributed by atoms with Crippen LogP contribution in [0.15, 0.2) is 34.4 Å². The van der Waals surface area contributed by atoms with Gasteiger partial charge in [-0.1, -0.05) is 18.2 Å². The average Bonchev–Trinajstić information content (AvgIpc) is 3.13. The molecule has 1 atom stereocenters. The van der Waals surface area contributed by atoms with Crippen LogP contribution in [-0.2, 0) is 6.54 Å². The summed E-state index contributed by atoms with van der Waals surface area (Å²) in [6, 6.07) is 9.45. The molecule has 0 radical (unpaired) electrons. The lowest BCUT2D eigenvalue weighted by Gasteiger charge is -2.33. The minimum atomic E-state index is -0.188. The van der Waals surface area contributed by atoms with Crippen LogP contribution in [0.5, 0.6) is 0 Å². The quantitative estimate of drug-likeness (QED) is 0.694. The van der Waals surface area contributed by atoms with Gasteiger partial charge in [0.2, 0.25) is 11.6 Å². The second-order valence-corrected chi connectivity index (χ2v) is 7.71. The molecule has 0 bridgehead atoms. The Morgan fingerprint density at radius 3 is 3.00 bits per heavy atom. The van der Waals surface area contributed by atoms with Gasteiger partial charge in [-0.05, 0) is 29.9 Å². The van der Waals surface area contributed by atoms with Crippen molar-refractivity contribution in [2.45, 2.75) is 25.4 Å². The first kappa shape index (κ1) is 18.2. The Bertz CT molecular complexity index is 1180. The van der Waals surface area contributed by atoms with Crippen LogP contribution >= 0.6 is 11.3 Å². The van der Waals surface area contributed by atoms with Crippen LogP contribution in [0.4, 0.5) is 11.6 Å². The van der Waals surface area contributed by atoms with Crippen LogP contribution in [0.25, 0.3) is 15.1 Å². The summed E-state index contributed by atoms with van der Waals surface area (Å²) in [5, 5.41) is 11.1. The normalized spacial score (nSPS) is 16.7. The zero-order valence-electron chi connectivity index (χ0n) is 15.1. The maximum absolute atomic E-state index is 13.3. The van der Waals surface area contributed by atoms with Crippen LogP contribution in [0.2, 0.25) is 0 Å². The van der Waals surface area contributed by atoms with Gasteiger partial charge in [0.15, 0.2) is 0 Å². The van der Waals surface area contributed by atoms with Crippen LogP contribution in [0, 0.1) is 17.9 Å². The lowest BCUT2D eigenvalue weighted by Crippen LogP contribution is -2.45. The minimum Gasteiger partial charge on any atom is -0.341 e. The summed E-state index contributed by atoms with van der Waals surface area (Å²) in [6.45, 7) is 8.97. The number of hydrogen-bond acceptors (Lipinski definition) is 6. The second kappa shape index (κ2) is 7.43. The molecule has 0 spiro atoms. The number of benzene rings is 1. The largest absolute Gasteiger partial charge is 0.341 e. The van der Waals surface area contributed by atoms with Gasteiger partial charge in [-0.3, -0.25) is 9.36 Å². The van der Waals surface area contributed by atoms with Gasteiger partial charge in [-0.2, -0.15) is 5.26 Å². The van der Waals surface area contributed by atoms with E-state index >= 15 is 0 Å². The molecular formula is C20H18N6OS. The smallest absolute Gasteiger partial charge is 0.271 e. The highest BCUT2D eigenvalue weighted by Gasteiger charge is 2.24. The Labute approximate surface area is 166 Å². The maximum Gasteiger partial charge on any atom is 0.271 e. The first-order valence-corrected chi connectivity index (χ1v) is 9.88. The van der Waals surface area contributed by atoms with Crippen molar-refractivity contribution < 1.29 is 0 Å². The highest BCUT2D eigenvalue weighted by atomic mass is 32.1. The van der Waals surface area contributed by atoms with Crippen molar-refractivity contribution >= 4 is 33.2 Å². The molecule has 0 amide bonds. The van der Waals surface area contributed by atoms with Gasteiger partial charge in [0.1, 0.15) is 4.70 Å². The number of fused-ring (bicyclic) bond motifs is 1. The Kier molecular flexibility index (Phi) is 4.82. The molecule has 7 nitrogen and oxygen atoms in total. The number of aromatic nitrogens is 2. The van der Waals surface area contributed by atoms with Crippen molar-refractivity contribution in [1.82, 2.24) is 9.55 Å². The number of nitrogens with zero attached hydrogens (tertiary/aromatic N) is 5. The van der Waals surface area contributed by atoms with Gasteiger partial charge < -0.3 is 10.6 Å². The molecule has 1 aliphatic heterocycles. The van der Waals surface area contributed by atoms with E-state index in [0.717, 1.165) is 24.9 Å². The van der Waals surface area contributed by atoms with Crippen molar-refractivity contribution in [3.05, 3.63) is 62.5 Å². The summed E-state index contributed by atoms with van der Waals surface area (Å²) in [6.07, 6.45) is 1.86. The molecule has 4 rings (SSSR count). The molecule has 0 aliphatic carbocycles. The van der Waals surface area contributed by atoms with Gasteiger partial charge in [-0.25, -0.2) is 9.83 Å². The Balaban J connectivity index is 1.91. The molecule has 3 aromatic rings. The average molecular weight is 390 g/mol. The summed E-state index contributed by atoms with van der Waals surface area (Å²) < 4.78 is 2.08. The van der Waals surface area contributed by atoms with E-state index in [-0.39, 0.29) is 18.1 Å². The molecule has 3 heterocycles. The molecule has 1 fully saturated rings. The van der Waals surface area contributed by atoms with E-state index < -0.39 is 0 Å². The van der Waals surface area contributed by atoms with Gasteiger partial charge >= 0.3 is 0 Å². The maximum atomic E-state index is 13.3. The van der Waals surface area contributed by atoms with Crippen LogP contribution in [0.3, 0.4) is 0 Å². The standard InChI is InChI=1S/C20H18N6OS/c1-23-16-12-28-18-17(16)24-20(25-8-4-7-15(22)11-25)26(19(18)27)10-14-6-3-2-5-13(14)9-21/h2-3,5-6,12,15H,4,7-8,10-11,22H2/t15-/m1/s1. The fourth-order valence-corrected chi connectivity index (χ4v) is 4.44. The lowest BCUT2D eigenvalue weighted by atomic mass is 10.1. The van der Waals surface area contributed by atoms with Gasteiger partial charge in [0.25, 0.3) is 5.56 Å². The lowest BCUT2D eigenvalue weighted by molar-refractivity contribution is 0.492. The van der Waals surface area contributed by atoms with E-state index in [9.17, 15) is 10.1 Å². The van der Waals surface area contributed by atoms with E-state index in [1.165, 1.54) is 11.3 Å². The first-order valence-electron chi connectivity index (χ1n) is 9.00. The zero-order chi connectivity index (χ0) is 19.7. The van der Waals surface area contributed by atoms with Gasteiger partial charge in [-0.15, -0.1) is 11.3 Å². The molecule has 140 valence electrons.